The first kappa shape index (κ1) is 16.9. The van der Waals surface area contributed by atoms with Crippen LogP contribution in [0.25, 0.3) is 0 Å². The number of aliphatic hydroxyl groups is 1. The molecule has 2 aromatic rings. The van der Waals surface area contributed by atoms with Crippen LogP contribution in [-0.2, 0) is 0 Å². The number of amides is 2. The van der Waals surface area contributed by atoms with E-state index in [1.54, 1.807) is 10.8 Å². The van der Waals surface area contributed by atoms with Crippen molar-refractivity contribution in [1.82, 2.24) is 10.6 Å². The highest BCUT2D eigenvalue weighted by atomic mass is 32.1. The number of thiophene rings is 2. The number of hydrogen-bond donors (Lipinski definition) is 3. The maximum absolute atomic E-state index is 13.5. The molecule has 0 radical (unpaired) electrons. The molecule has 3 heterocycles. The van der Waals surface area contributed by atoms with Crippen molar-refractivity contribution in [3.8, 4) is 0 Å². The zero-order valence-electron chi connectivity index (χ0n) is 11.8. The second-order valence-electron chi connectivity index (χ2n) is 5.22. The van der Waals surface area contributed by atoms with Crippen LogP contribution in [0.5, 0.6) is 0 Å². The highest BCUT2D eigenvalue weighted by molar-refractivity contribution is 7.12. The van der Waals surface area contributed by atoms with Gasteiger partial charge < -0.3 is 15.7 Å². The van der Waals surface area contributed by atoms with Gasteiger partial charge in [-0.2, -0.15) is 24.5 Å². The van der Waals surface area contributed by atoms with Crippen molar-refractivity contribution in [2.45, 2.75) is 17.9 Å². The smallest absolute Gasteiger partial charge is 0.363 e. The fourth-order valence-corrected chi connectivity index (χ4v) is 4.04. The molecular weight excluding hydrogens is 365 g/mol. The molecule has 3 N–H and O–H groups in total. The van der Waals surface area contributed by atoms with Gasteiger partial charge in [0.1, 0.15) is 5.92 Å². The van der Waals surface area contributed by atoms with Gasteiger partial charge in [0.2, 0.25) is 5.72 Å². The summed E-state index contributed by atoms with van der Waals surface area (Å²) in [5.41, 5.74) is -3.34. The number of hydrogen-bond acceptors (Lipinski definition) is 5. The van der Waals surface area contributed by atoms with E-state index in [2.05, 4.69) is 5.32 Å². The Morgan fingerprint density at radius 2 is 2.04 bits per heavy atom. The lowest BCUT2D eigenvalue weighted by atomic mass is 9.79. The van der Waals surface area contributed by atoms with Crippen LogP contribution in [0.1, 0.15) is 21.3 Å². The molecule has 5 nitrogen and oxygen atoms in total. The van der Waals surface area contributed by atoms with Gasteiger partial charge in [-0.15, -0.1) is 11.3 Å². The first-order chi connectivity index (χ1) is 11.2. The van der Waals surface area contributed by atoms with E-state index in [0.717, 1.165) is 11.3 Å². The Morgan fingerprint density at radius 3 is 2.58 bits per heavy atom. The predicted molar refractivity (Wildman–Crippen MR) is 81.9 cm³/mol. The minimum Gasteiger partial charge on any atom is -0.363 e. The summed E-state index contributed by atoms with van der Waals surface area (Å²) in [7, 11) is 0. The lowest BCUT2D eigenvalue weighted by molar-refractivity contribution is -0.287. The van der Waals surface area contributed by atoms with Gasteiger partial charge in [-0.3, -0.25) is 4.79 Å². The molecule has 2 aromatic heterocycles. The molecule has 0 saturated carbocycles. The van der Waals surface area contributed by atoms with Gasteiger partial charge in [-0.25, -0.2) is 4.79 Å². The highest BCUT2D eigenvalue weighted by Crippen LogP contribution is 2.44. The maximum Gasteiger partial charge on any atom is 0.437 e. The Kier molecular flexibility index (Phi) is 4.14. The molecule has 3 rings (SSSR count). The third-order valence-electron chi connectivity index (χ3n) is 3.76. The summed E-state index contributed by atoms with van der Waals surface area (Å²) in [6, 6.07) is 1.92. The van der Waals surface area contributed by atoms with Crippen LogP contribution in [0.3, 0.4) is 0 Å². The first-order valence-corrected chi connectivity index (χ1v) is 8.54. The number of nitrogens with one attached hydrogen (secondary N) is 2. The van der Waals surface area contributed by atoms with Crippen LogP contribution < -0.4 is 10.6 Å². The van der Waals surface area contributed by atoms with Crippen LogP contribution in [0, 0.1) is 5.92 Å². The normalized spacial score (nSPS) is 27.4. The van der Waals surface area contributed by atoms with E-state index in [4.69, 9.17) is 0 Å². The Labute approximate surface area is 142 Å². The summed E-state index contributed by atoms with van der Waals surface area (Å²) < 4.78 is 40.6. The van der Waals surface area contributed by atoms with Crippen molar-refractivity contribution in [1.29, 1.82) is 0 Å². The largest absolute Gasteiger partial charge is 0.437 e. The number of urea groups is 1. The van der Waals surface area contributed by atoms with E-state index in [9.17, 15) is 27.9 Å². The van der Waals surface area contributed by atoms with Gasteiger partial charge in [0, 0.05) is 0 Å². The van der Waals surface area contributed by atoms with Crippen molar-refractivity contribution in [2.24, 2.45) is 5.92 Å². The highest BCUT2D eigenvalue weighted by Gasteiger charge is 2.66. The average Bonchev–Trinajstić information content (AvgIpc) is 3.18. The lowest BCUT2D eigenvalue weighted by Crippen LogP contribution is -2.72. The summed E-state index contributed by atoms with van der Waals surface area (Å²) in [6.07, 6.45) is -5.23. The predicted octanol–water partition coefficient (Wildman–Crippen LogP) is 2.91. The van der Waals surface area contributed by atoms with Crippen molar-refractivity contribution >= 4 is 34.5 Å². The second-order valence-corrected chi connectivity index (χ2v) is 6.94. The molecule has 0 unspecified atom stereocenters. The number of rotatable bonds is 3. The topological polar surface area (TPSA) is 78.4 Å². The second kappa shape index (κ2) is 5.87. The van der Waals surface area contributed by atoms with Crippen molar-refractivity contribution in [3.63, 3.8) is 0 Å². The molecule has 0 bridgehead atoms. The minimum atomic E-state index is -5.23. The van der Waals surface area contributed by atoms with E-state index < -0.39 is 35.7 Å². The molecule has 128 valence electrons. The SMILES string of the molecule is O=C1N[C@H](c2ccsc2)[C@@H](C(=O)c2cccs2)[C@](O)(C(F)(F)F)N1. The Bertz CT molecular complexity index is 746. The van der Waals surface area contributed by atoms with Crippen LogP contribution in [0.2, 0.25) is 0 Å². The quantitative estimate of drug-likeness (QED) is 0.721. The van der Waals surface area contributed by atoms with Crippen LogP contribution in [-0.4, -0.2) is 28.8 Å². The Hall–Kier alpha value is -1.91. The zero-order valence-corrected chi connectivity index (χ0v) is 13.5. The third kappa shape index (κ3) is 2.70. The van der Waals surface area contributed by atoms with E-state index in [-0.39, 0.29) is 4.88 Å². The number of ketones is 1. The fraction of sp³-hybridized carbons (Fsp3) is 0.286. The van der Waals surface area contributed by atoms with Gasteiger partial charge in [-0.1, -0.05) is 6.07 Å². The molecule has 1 aliphatic rings. The molecule has 2 amide bonds. The molecule has 1 saturated heterocycles. The monoisotopic (exact) mass is 376 g/mol. The van der Waals surface area contributed by atoms with Gasteiger partial charge in [0.15, 0.2) is 5.78 Å². The van der Waals surface area contributed by atoms with E-state index in [1.807, 2.05) is 0 Å². The van der Waals surface area contributed by atoms with Gasteiger partial charge in [0.25, 0.3) is 0 Å². The van der Waals surface area contributed by atoms with E-state index >= 15 is 0 Å². The standard InChI is InChI=1S/C14H11F3N2O3S2/c15-14(16,17)13(22)9(11(20)8-2-1-4-24-8)10(18-12(21)19-13)7-3-5-23-6-7/h1-6,9-10,22H,(H2,18,19,21)/t9-,10+,13-/m0/s1. The molecule has 0 spiro atoms. The molecular formula is C14H11F3N2O3S2. The molecule has 1 fully saturated rings. The number of carbonyl (C=O) groups excluding carboxylic acids is 2. The molecule has 24 heavy (non-hydrogen) atoms. The molecule has 1 aliphatic heterocycles. The van der Waals surface area contributed by atoms with Crippen LogP contribution in [0.4, 0.5) is 18.0 Å². The first-order valence-electron chi connectivity index (χ1n) is 6.71. The Balaban J connectivity index is 2.13. The average molecular weight is 376 g/mol. The number of alkyl halides is 3. The van der Waals surface area contributed by atoms with E-state index in [1.165, 1.54) is 40.2 Å². The van der Waals surface area contributed by atoms with Crippen molar-refractivity contribution in [2.75, 3.05) is 0 Å². The van der Waals surface area contributed by atoms with Crippen LogP contribution >= 0.6 is 22.7 Å². The van der Waals surface area contributed by atoms with Gasteiger partial charge in [0.05, 0.1) is 10.9 Å². The van der Waals surface area contributed by atoms with Crippen molar-refractivity contribution in [3.05, 3.63) is 44.8 Å². The summed E-state index contributed by atoms with van der Waals surface area (Å²) in [6.45, 7) is 0. The number of halogens is 3. The Morgan fingerprint density at radius 1 is 1.29 bits per heavy atom. The molecule has 10 heteroatoms. The summed E-state index contributed by atoms with van der Waals surface area (Å²) in [5.74, 6) is -2.85. The lowest BCUT2D eigenvalue weighted by Gasteiger charge is -2.44. The fourth-order valence-electron chi connectivity index (χ4n) is 2.64. The van der Waals surface area contributed by atoms with Crippen LogP contribution in [0.15, 0.2) is 34.3 Å². The third-order valence-corrected chi connectivity index (χ3v) is 5.34. The minimum absolute atomic E-state index is 0.0702. The summed E-state index contributed by atoms with van der Waals surface area (Å²) in [5, 5.41) is 18.8. The molecule has 3 atom stereocenters. The molecule has 0 aliphatic carbocycles. The molecule has 0 aromatic carbocycles. The summed E-state index contributed by atoms with van der Waals surface area (Å²) in [4.78, 5) is 24.5. The van der Waals surface area contributed by atoms with Crippen molar-refractivity contribution < 1.29 is 27.9 Å². The van der Waals surface area contributed by atoms with Gasteiger partial charge in [-0.05, 0) is 33.8 Å². The maximum atomic E-state index is 13.5. The number of Topliss-reactive ketones (excluding diaryl/α,β-unsaturated/α-hetero) is 1. The zero-order chi connectivity index (χ0) is 17.5. The number of carbonyl (C=O) groups is 2. The van der Waals surface area contributed by atoms with E-state index in [0.29, 0.717) is 5.56 Å². The van der Waals surface area contributed by atoms with Gasteiger partial charge >= 0.3 is 12.2 Å². The summed E-state index contributed by atoms with van der Waals surface area (Å²) >= 11 is 2.18.